The van der Waals surface area contributed by atoms with Crippen LogP contribution in [0.4, 0.5) is 15.8 Å². The molecule has 0 aliphatic heterocycles. The number of nitro benzene ring substituents is 1. The molecule has 0 unspecified atom stereocenters. The zero-order valence-electron chi connectivity index (χ0n) is 21.1. The summed E-state index contributed by atoms with van der Waals surface area (Å²) < 4.78 is 21.3. The highest BCUT2D eigenvalue weighted by atomic mass is 79.9. The number of amides is 1. The molecule has 0 atom stereocenters. The number of benzene rings is 3. The first kappa shape index (κ1) is 29.0. The standard InChI is InChI=1S/C27H22Br2FN5O5/c1-2-3-7-24-33-22-9-8-17(28)11-21(22)27(37)34(24)31-14-16-10-18(29)12-23(35(38)39)26(16)40-15-25(36)32-20-6-4-5-19(30)13-20/h4-6,8-14H,2-3,7,15H2,1H3,(H,32,36). The average molecular weight is 675 g/mol. The third-order valence-electron chi connectivity index (χ3n) is 5.66. The van der Waals surface area contributed by atoms with Crippen molar-refractivity contribution in [3.05, 3.63) is 101 Å². The largest absolute Gasteiger partial charge is 0.476 e. The van der Waals surface area contributed by atoms with Gasteiger partial charge in [0.2, 0.25) is 5.75 Å². The van der Waals surface area contributed by atoms with Crippen molar-refractivity contribution in [1.82, 2.24) is 9.66 Å². The summed E-state index contributed by atoms with van der Waals surface area (Å²) in [5.41, 5.74) is 0.0400. The molecule has 3 aromatic carbocycles. The van der Waals surface area contributed by atoms with Crippen LogP contribution in [0.5, 0.6) is 5.75 Å². The molecular weight excluding hydrogens is 653 g/mol. The van der Waals surface area contributed by atoms with Gasteiger partial charge in [0.1, 0.15) is 11.6 Å². The zero-order valence-corrected chi connectivity index (χ0v) is 24.2. The lowest BCUT2D eigenvalue weighted by atomic mass is 10.2. The molecule has 10 nitrogen and oxygen atoms in total. The Morgan fingerprint density at radius 1 is 1.20 bits per heavy atom. The molecule has 1 amide bonds. The Balaban J connectivity index is 1.72. The van der Waals surface area contributed by atoms with Crippen molar-refractivity contribution in [2.45, 2.75) is 26.2 Å². The third kappa shape index (κ3) is 6.96. The van der Waals surface area contributed by atoms with Gasteiger partial charge in [-0.1, -0.05) is 51.3 Å². The molecule has 1 N–H and O–H groups in total. The van der Waals surface area contributed by atoms with Crippen LogP contribution < -0.4 is 15.6 Å². The Morgan fingerprint density at radius 2 is 2.00 bits per heavy atom. The molecule has 40 heavy (non-hydrogen) atoms. The fourth-order valence-corrected chi connectivity index (χ4v) is 4.64. The van der Waals surface area contributed by atoms with Gasteiger partial charge in [-0.25, -0.2) is 9.37 Å². The summed E-state index contributed by atoms with van der Waals surface area (Å²) in [5.74, 6) is -0.997. The van der Waals surface area contributed by atoms with Gasteiger partial charge in [-0.2, -0.15) is 9.78 Å². The first-order chi connectivity index (χ1) is 19.2. The van der Waals surface area contributed by atoms with E-state index in [2.05, 4.69) is 47.3 Å². The molecule has 4 aromatic rings. The minimum absolute atomic E-state index is 0.141. The summed E-state index contributed by atoms with van der Waals surface area (Å²) in [6, 6.07) is 13.2. The molecule has 0 saturated heterocycles. The van der Waals surface area contributed by atoms with E-state index in [0.29, 0.717) is 32.1 Å². The number of carbonyl (C=O) groups is 1. The van der Waals surface area contributed by atoms with Crippen molar-refractivity contribution < 1.29 is 18.8 Å². The van der Waals surface area contributed by atoms with Gasteiger partial charge in [0, 0.05) is 32.7 Å². The van der Waals surface area contributed by atoms with Gasteiger partial charge in [0.25, 0.3) is 11.5 Å². The Labute approximate surface area is 244 Å². The summed E-state index contributed by atoms with van der Waals surface area (Å²) >= 11 is 6.62. The van der Waals surface area contributed by atoms with Crippen molar-refractivity contribution in [1.29, 1.82) is 0 Å². The molecule has 0 aliphatic carbocycles. The van der Waals surface area contributed by atoms with Crippen LogP contribution in [0, 0.1) is 15.9 Å². The van der Waals surface area contributed by atoms with Crippen molar-refractivity contribution in [3.8, 4) is 5.75 Å². The number of nitrogens with one attached hydrogen (secondary N) is 1. The Bertz CT molecular complexity index is 1690. The average Bonchev–Trinajstić information content (AvgIpc) is 2.91. The van der Waals surface area contributed by atoms with Crippen LogP contribution in [0.25, 0.3) is 10.9 Å². The molecule has 4 rings (SSSR count). The maximum atomic E-state index is 13.4. The number of halogens is 3. The number of aryl methyl sites for hydroxylation is 1. The number of rotatable bonds is 10. The van der Waals surface area contributed by atoms with Gasteiger partial charge < -0.3 is 10.1 Å². The Hall–Kier alpha value is -3.97. The topological polar surface area (TPSA) is 129 Å². The van der Waals surface area contributed by atoms with Crippen LogP contribution >= 0.6 is 31.9 Å². The molecule has 0 bridgehead atoms. The van der Waals surface area contributed by atoms with Crippen LogP contribution in [0.15, 0.2) is 73.4 Å². The van der Waals surface area contributed by atoms with Gasteiger partial charge in [-0.15, -0.1) is 0 Å². The quantitative estimate of drug-likeness (QED) is 0.121. The number of nitro groups is 1. The summed E-state index contributed by atoms with van der Waals surface area (Å²) in [5, 5.41) is 19.0. The lowest BCUT2D eigenvalue weighted by Crippen LogP contribution is -2.23. The number of aromatic nitrogens is 2. The highest BCUT2D eigenvalue weighted by Crippen LogP contribution is 2.34. The van der Waals surface area contributed by atoms with Crippen LogP contribution in [-0.2, 0) is 11.2 Å². The lowest BCUT2D eigenvalue weighted by molar-refractivity contribution is -0.385. The van der Waals surface area contributed by atoms with Crippen LogP contribution in [0.3, 0.4) is 0 Å². The Kier molecular flexibility index (Phi) is 9.38. The zero-order chi connectivity index (χ0) is 28.8. The second-order valence-corrected chi connectivity index (χ2v) is 10.4. The monoisotopic (exact) mass is 673 g/mol. The molecule has 0 fully saturated rings. The summed E-state index contributed by atoms with van der Waals surface area (Å²) in [6.45, 7) is 1.41. The number of anilines is 1. The second kappa shape index (κ2) is 12.9. The van der Waals surface area contributed by atoms with Crippen LogP contribution in [-0.4, -0.2) is 33.3 Å². The first-order valence-corrected chi connectivity index (χ1v) is 13.7. The predicted octanol–water partition coefficient (Wildman–Crippen LogP) is 6.21. The maximum Gasteiger partial charge on any atom is 0.312 e. The van der Waals surface area contributed by atoms with Gasteiger partial charge in [0.15, 0.2) is 6.61 Å². The summed E-state index contributed by atoms with van der Waals surface area (Å²) in [4.78, 5) is 41.6. The van der Waals surface area contributed by atoms with Crippen LogP contribution in [0.1, 0.15) is 31.2 Å². The molecule has 0 radical (unpaired) electrons. The van der Waals surface area contributed by atoms with Gasteiger partial charge in [-0.05, 0) is 48.9 Å². The lowest BCUT2D eigenvalue weighted by Gasteiger charge is -2.12. The Morgan fingerprint density at radius 3 is 2.73 bits per heavy atom. The minimum Gasteiger partial charge on any atom is -0.476 e. The fraction of sp³-hybridized carbons (Fsp3) is 0.185. The van der Waals surface area contributed by atoms with E-state index in [-0.39, 0.29) is 17.0 Å². The van der Waals surface area contributed by atoms with E-state index >= 15 is 0 Å². The molecule has 0 spiro atoms. The van der Waals surface area contributed by atoms with E-state index in [0.717, 1.165) is 23.6 Å². The van der Waals surface area contributed by atoms with E-state index in [1.807, 2.05) is 6.92 Å². The number of carbonyl (C=O) groups excluding carboxylic acids is 1. The molecular formula is C27H22Br2FN5O5. The van der Waals surface area contributed by atoms with Gasteiger partial charge >= 0.3 is 5.69 Å². The number of hydrogen-bond donors (Lipinski definition) is 1. The van der Waals surface area contributed by atoms with Crippen molar-refractivity contribution >= 4 is 66.3 Å². The van der Waals surface area contributed by atoms with Gasteiger partial charge in [-0.3, -0.25) is 19.7 Å². The molecule has 1 aromatic heterocycles. The first-order valence-electron chi connectivity index (χ1n) is 12.1. The third-order valence-corrected chi connectivity index (χ3v) is 6.61. The number of fused-ring (bicyclic) bond motifs is 1. The van der Waals surface area contributed by atoms with Crippen molar-refractivity contribution in [2.75, 3.05) is 11.9 Å². The SMILES string of the molecule is CCCCc1nc2ccc(Br)cc2c(=O)n1N=Cc1cc(Br)cc([N+](=O)[O-])c1OCC(=O)Nc1cccc(F)c1. The molecule has 206 valence electrons. The highest BCUT2D eigenvalue weighted by molar-refractivity contribution is 9.10. The van der Waals surface area contributed by atoms with Crippen LogP contribution in [0.2, 0.25) is 0 Å². The minimum atomic E-state index is -0.659. The van der Waals surface area contributed by atoms with Crippen molar-refractivity contribution in [3.63, 3.8) is 0 Å². The van der Waals surface area contributed by atoms with Gasteiger partial charge in [0.05, 0.1) is 22.0 Å². The highest BCUT2D eigenvalue weighted by Gasteiger charge is 2.22. The van der Waals surface area contributed by atoms with E-state index in [1.165, 1.54) is 36.5 Å². The normalized spacial score (nSPS) is 11.2. The van der Waals surface area contributed by atoms with E-state index in [1.54, 1.807) is 18.2 Å². The molecule has 1 heterocycles. The fourth-order valence-electron chi connectivity index (χ4n) is 3.82. The maximum absolute atomic E-state index is 13.4. The number of nitrogens with zero attached hydrogens (tertiary/aromatic N) is 4. The molecule has 13 heteroatoms. The second-order valence-electron chi connectivity index (χ2n) is 8.60. The smallest absolute Gasteiger partial charge is 0.312 e. The molecule has 0 aliphatic rings. The number of ether oxygens (including phenoxy) is 1. The van der Waals surface area contributed by atoms with Crippen molar-refractivity contribution in [2.24, 2.45) is 5.10 Å². The summed E-state index contributed by atoms with van der Waals surface area (Å²) in [7, 11) is 0. The van der Waals surface area contributed by atoms with E-state index in [4.69, 9.17) is 4.74 Å². The predicted molar refractivity (Wildman–Crippen MR) is 157 cm³/mol. The van der Waals surface area contributed by atoms with E-state index < -0.39 is 34.5 Å². The molecule has 0 saturated carbocycles. The van der Waals surface area contributed by atoms with E-state index in [9.17, 15) is 24.1 Å². The summed E-state index contributed by atoms with van der Waals surface area (Å²) in [6.07, 6.45) is 3.36. The number of hydrogen-bond acceptors (Lipinski definition) is 7. The number of unbranched alkanes of at least 4 members (excludes halogenated alkanes) is 1.